The summed E-state index contributed by atoms with van der Waals surface area (Å²) in [6.07, 6.45) is 3.72. The fourth-order valence-corrected chi connectivity index (χ4v) is 3.26. The summed E-state index contributed by atoms with van der Waals surface area (Å²) < 4.78 is 0. The maximum atomic E-state index is 11.8. The molecule has 0 saturated heterocycles. The molecule has 2 rings (SSSR count). The standard InChI is InChI=1S/C15H14Cl2N2OS/c16-12-4-1-5-13(17)15(12)21-8-7-19-14(20)9-11-3-2-6-18-10-11/h1-6,10H,7-9H2,(H,19,20). The number of rotatable bonds is 6. The Balaban J connectivity index is 1.74. The number of aromatic nitrogens is 1. The summed E-state index contributed by atoms with van der Waals surface area (Å²) in [5.41, 5.74) is 0.900. The van der Waals surface area contributed by atoms with E-state index >= 15 is 0 Å². The van der Waals surface area contributed by atoms with E-state index in [4.69, 9.17) is 23.2 Å². The van der Waals surface area contributed by atoms with Gasteiger partial charge in [-0.25, -0.2) is 0 Å². The molecule has 1 heterocycles. The van der Waals surface area contributed by atoms with Gasteiger partial charge in [-0.2, -0.15) is 0 Å². The third-order valence-electron chi connectivity index (χ3n) is 2.68. The molecule has 0 bridgehead atoms. The van der Waals surface area contributed by atoms with Crippen LogP contribution in [0.25, 0.3) is 0 Å². The van der Waals surface area contributed by atoms with Gasteiger partial charge in [0.05, 0.1) is 16.5 Å². The zero-order valence-corrected chi connectivity index (χ0v) is 13.5. The summed E-state index contributed by atoms with van der Waals surface area (Å²) in [5.74, 6) is 0.691. The number of halogens is 2. The van der Waals surface area contributed by atoms with E-state index in [1.165, 1.54) is 11.8 Å². The zero-order valence-electron chi connectivity index (χ0n) is 11.2. The molecule has 0 aliphatic rings. The van der Waals surface area contributed by atoms with Crippen LogP contribution < -0.4 is 5.32 Å². The van der Waals surface area contributed by atoms with Crippen LogP contribution in [0, 0.1) is 0 Å². The molecule has 6 heteroatoms. The minimum atomic E-state index is -0.0196. The number of carbonyl (C=O) groups is 1. The second kappa shape index (κ2) is 8.27. The highest BCUT2D eigenvalue weighted by Gasteiger charge is 2.07. The smallest absolute Gasteiger partial charge is 0.224 e. The van der Waals surface area contributed by atoms with Crippen molar-refractivity contribution in [3.8, 4) is 0 Å². The number of thioether (sulfide) groups is 1. The molecule has 2 aromatic rings. The Morgan fingerprint density at radius 1 is 1.19 bits per heavy atom. The first-order chi connectivity index (χ1) is 10.2. The van der Waals surface area contributed by atoms with Crippen LogP contribution in [0.15, 0.2) is 47.6 Å². The van der Waals surface area contributed by atoms with Crippen LogP contribution >= 0.6 is 35.0 Å². The molecule has 0 aliphatic carbocycles. The first kappa shape index (κ1) is 16.1. The van der Waals surface area contributed by atoms with Crippen molar-refractivity contribution >= 4 is 40.9 Å². The Morgan fingerprint density at radius 2 is 1.95 bits per heavy atom. The van der Waals surface area contributed by atoms with Crippen molar-refractivity contribution in [2.45, 2.75) is 11.3 Å². The highest BCUT2D eigenvalue weighted by Crippen LogP contribution is 2.33. The summed E-state index contributed by atoms with van der Waals surface area (Å²) in [6.45, 7) is 0.561. The molecule has 0 saturated carbocycles. The molecule has 1 amide bonds. The fraction of sp³-hybridized carbons (Fsp3) is 0.200. The molecule has 1 aromatic heterocycles. The number of amides is 1. The molecule has 1 N–H and O–H groups in total. The molecule has 0 spiro atoms. The molecule has 0 unspecified atom stereocenters. The van der Waals surface area contributed by atoms with Gasteiger partial charge in [-0.1, -0.05) is 35.3 Å². The molecule has 3 nitrogen and oxygen atoms in total. The Bertz CT molecular complexity index is 588. The van der Waals surface area contributed by atoms with Crippen molar-refractivity contribution in [1.82, 2.24) is 10.3 Å². The Kier molecular flexibility index (Phi) is 6.36. The number of nitrogens with zero attached hydrogens (tertiary/aromatic N) is 1. The molecular formula is C15H14Cl2N2OS. The fourth-order valence-electron chi connectivity index (χ4n) is 1.71. The van der Waals surface area contributed by atoms with Gasteiger partial charge >= 0.3 is 0 Å². The largest absolute Gasteiger partial charge is 0.355 e. The number of benzene rings is 1. The monoisotopic (exact) mass is 340 g/mol. The van der Waals surface area contributed by atoms with E-state index in [0.29, 0.717) is 28.8 Å². The Hall–Kier alpha value is -1.23. The molecule has 0 aliphatic heterocycles. The number of hydrogen-bond acceptors (Lipinski definition) is 3. The normalized spacial score (nSPS) is 10.4. The summed E-state index contributed by atoms with van der Waals surface area (Å²) in [6, 6.07) is 9.11. The van der Waals surface area contributed by atoms with Gasteiger partial charge in [-0.15, -0.1) is 11.8 Å². The third-order valence-corrected chi connectivity index (χ3v) is 4.67. The lowest BCUT2D eigenvalue weighted by atomic mass is 10.2. The Morgan fingerprint density at radius 3 is 2.62 bits per heavy atom. The van der Waals surface area contributed by atoms with Gasteiger partial charge in [-0.05, 0) is 23.8 Å². The van der Waals surface area contributed by atoms with Gasteiger partial charge in [-0.3, -0.25) is 9.78 Å². The first-order valence-electron chi connectivity index (χ1n) is 6.39. The molecule has 0 atom stereocenters. The topological polar surface area (TPSA) is 42.0 Å². The molecule has 1 aromatic carbocycles. The van der Waals surface area contributed by atoms with Crippen LogP contribution in [0.2, 0.25) is 10.0 Å². The van der Waals surface area contributed by atoms with Crippen LogP contribution in [-0.2, 0) is 11.2 Å². The average Bonchev–Trinajstić information content (AvgIpc) is 2.47. The lowest BCUT2D eigenvalue weighted by Gasteiger charge is -2.07. The highest BCUT2D eigenvalue weighted by molar-refractivity contribution is 7.99. The molecule has 0 fully saturated rings. The molecular weight excluding hydrogens is 327 g/mol. The molecule has 21 heavy (non-hydrogen) atoms. The first-order valence-corrected chi connectivity index (χ1v) is 8.13. The number of carbonyl (C=O) groups excluding carboxylic acids is 1. The lowest BCUT2D eigenvalue weighted by molar-refractivity contribution is -0.120. The van der Waals surface area contributed by atoms with E-state index in [0.717, 1.165) is 10.5 Å². The van der Waals surface area contributed by atoms with Crippen molar-refractivity contribution in [3.63, 3.8) is 0 Å². The van der Waals surface area contributed by atoms with E-state index < -0.39 is 0 Å². The predicted octanol–water partition coefficient (Wildman–Crippen LogP) is 3.84. The second-order valence-corrected chi connectivity index (χ2v) is 6.21. The van der Waals surface area contributed by atoms with E-state index in [1.807, 2.05) is 18.2 Å². The molecule has 110 valence electrons. The quantitative estimate of drug-likeness (QED) is 0.641. The van der Waals surface area contributed by atoms with E-state index in [-0.39, 0.29) is 5.91 Å². The van der Waals surface area contributed by atoms with E-state index in [9.17, 15) is 4.79 Å². The Labute approximate surface area is 138 Å². The van der Waals surface area contributed by atoms with Crippen LogP contribution in [-0.4, -0.2) is 23.2 Å². The highest BCUT2D eigenvalue weighted by atomic mass is 35.5. The van der Waals surface area contributed by atoms with Crippen LogP contribution in [0.3, 0.4) is 0 Å². The number of nitrogens with one attached hydrogen (secondary N) is 1. The van der Waals surface area contributed by atoms with Gasteiger partial charge in [0.25, 0.3) is 0 Å². The van der Waals surface area contributed by atoms with Gasteiger partial charge in [0.1, 0.15) is 0 Å². The van der Waals surface area contributed by atoms with Crippen LogP contribution in [0.1, 0.15) is 5.56 Å². The van der Waals surface area contributed by atoms with Crippen molar-refractivity contribution in [2.75, 3.05) is 12.3 Å². The van der Waals surface area contributed by atoms with E-state index in [2.05, 4.69) is 10.3 Å². The van der Waals surface area contributed by atoms with E-state index in [1.54, 1.807) is 24.5 Å². The van der Waals surface area contributed by atoms with Crippen LogP contribution in [0.5, 0.6) is 0 Å². The van der Waals surface area contributed by atoms with Crippen molar-refractivity contribution in [3.05, 3.63) is 58.3 Å². The van der Waals surface area contributed by atoms with Crippen molar-refractivity contribution in [1.29, 1.82) is 0 Å². The SMILES string of the molecule is O=C(Cc1cccnc1)NCCSc1c(Cl)cccc1Cl. The minimum Gasteiger partial charge on any atom is -0.355 e. The maximum absolute atomic E-state index is 11.8. The van der Waals surface area contributed by atoms with Gasteiger partial charge in [0.15, 0.2) is 0 Å². The minimum absolute atomic E-state index is 0.0196. The van der Waals surface area contributed by atoms with Crippen molar-refractivity contribution in [2.24, 2.45) is 0 Å². The number of hydrogen-bond donors (Lipinski definition) is 1. The summed E-state index contributed by atoms with van der Waals surface area (Å²) >= 11 is 13.7. The van der Waals surface area contributed by atoms with Gasteiger partial charge in [0, 0.05) is 29.6 Å². The van der Waals surface area contributed by atoms with Gasteiger partial charge in [0.2, 0.25) is 5.91 Å². The second-order valence-electron chi connectivity index (χ2n) is 4.29. The van der Waals surface area contributed by atoms with Crippen LogP contribution in [0.4, 0.5) is 0 Å². The third kappa shape index (κ3) is 5.23. The summed E-state index contributed by atoms with van der Waals surface area (Å²) in [7, 11) is 0. The van der Waals surface area contributed by atoms with Gasteiger partial charge < -0.3 is 5.32 Å². The summed E-state index contributed by atoms with van der Waals surface area (Å²) in [4.78, 5) is 16.6. The predicted molar refractivity (Wildman–Crippen MR) is 88.1 cm³/mol. The zero-order chi connectivity index (χ0) is 15.1. The molecule has 0 radical (unpaired) electrons. The van der Waals surface area contributed by atoms with Crippen molar-refractivity contribution < 1.29 is 4.79 Å². The average molecular weight is 341 g/mol. The number of pyridine rings is 1. The lowest BCUT2D eigenvalue weighted by Crippen LogP contribution is -2.27. The maximum Gasteiger partial charge on any atom is 0.224 e. The summed E-state index contributed by atoms with van der Waals surface area (Å²) in [5, 5.41) is 4.13.